The Kier molecular flexibility index (Phi) is 11.4. The van der Waals surface area contributed by atoms with Gasteiger partial charge >= 0.3 is 11.9 Å². The van der Waals surface area contributed by atoms with E-state index >= 15 is 0 Å². The zero-order chi connectivity index (χ0) is 21.1. The zero-order valence-electron chi connectivity index (χ0n) is 14.9. The molecule has 0 atom stereocenters. The number of Topliss-reactive ketones (excluding diaryl/α,β-unsaturated/α-hetero) is 4. The molecule has 0 spiro atoms. The van der Waals surface area contributed by atoms with Crippen molar-refractivity contribution in [2.45, 2.75) is 12.8 Å². The van der Waals surface area contributed by atoms with Gasteiger partial charge in [-0.1, -0.05) is 60.7 Å². The molecule has 2 aromatic carbocycles. The van der Waals surface area contributed by atoms with Gasteiger partial charge < -0.3 is 10.2 Å². The Morgan fingerprint density at radius 1 is 0.552 bits per heavy atom. The summed E-state index contributed by atoms with van der Waals surface area (Å²) in [5, 5.41) is 16.6. The van der Waals surface area contributed by atoms with E-state index in [1.54, 1.807) is 36.4 Å². The van der Waals surface area contributed by atoms with Crippen molar-refractivity contribution < 1.29 is 56.3 Å². The fourth-order valence-electron chi connectivity index (χ4n) is 1.90. The summed E-state index contributed by atoms with van der Waals surface area (Å²) >= 11 is 0. The minimum absolute atomic E-state index is 0. The first-order chi connectivity index (χ1) is 13.2. The summed E-state index contributed by atoms with van der Waals surface area (Å²) < 4.78 is 0. The SMILES string of the molecule is O=C(O)C(=O)CC(=O)c1ccccc1.O=C(O)C(=O)CC(=O)c1ccccc1.[Cr]. The van der Waals surface area contributed by atoms with Crippen molar-refractivity contribution >= 4 is 35.1 Å². The van der Waals surface area contributed by atoms with Crippen molar-refractivity contribution in [2.24, 2.45) is 0 Å². The van der Waals surface area contributed by atoms with Crippen LogP contribution in [0.15, 0.2) is 60.7 Å². The van der Waals surface area contributed by atoms with Gasteiger partial charge in [-0.3, -0.25) is 19.2 Å². The molecule has 2 aromatic rings. The van der Waals surface area contributed by atoms with Crippen LogP contribution in [0.3, 0.4) is 0 Å². The summed E-state index contributed by atoms with van der Waals surface area (Å²) in [6, 6.07) is 16.2. The number of carbonyl (C=O) groups excluding carboxylic acids is 4. The molecule has 0 aromatic heterocycles. The first-order valence-corrected chi connectivity index (χ1v) is 7.91. The molecule has 0 unspecified atom stereocenters. The average Bonchev–Trinajstić information content (AvgIpc) is 2.69. The maximum Gasteiger partial charge on any atom is 0.372 e. The van der Waals surface area contributed by atoms with E-state index in [2.05, 4.69) is 0 Å². The molecule has 29 heavy (non-hydrogen) atoms. The first-order valence-electron chi connectivity index (χ1n) is 7.91. The summed E-state index contributed by atoms with van der Waals surface area (Å²) in [7, 11) is 0. The third-order valence-electron chi connectivity index (χ3n) is 3.31. The number of carbonyl (C=O) groups is 6. The molecular weight excluding hydrogens is 420 g/mol. The summed E-state index contributed by atoms with van der Waals surface area (Å²) in [6.07, 6.45) is -1.17. The molecule has 0 heterocycles. The van der Waals surface area contributed by atoms with Crippen LogP contribution in [0, 0.1) is 0 Å². The molecule has 0 saturated carbocycles. The Morgan fingerprint density at radius 3 is 1.07 bits per heavy atom. The fourth-order valence-corrected chi connectivity index (χ4v) is 1.90. The van der Waals surface area contributed by atoms with Crippen LogP contribution in [-0.2, 0) is 36.5 Å². The van der Waals surface area contributed by atoms with Gasteiger partial charge in [0.25, 0.3) is 0 Å². The maximum atomic E-state index is 11.3. The van der Waals surface area contributed by atoms with Crippen LogP contribution in [0.1, 0.15) is 33.6 Å². The van der Waals surface area contributed by atoms with E-state index in [9.17, 15) is 28.8 Å². The van der Waals surface area contributed by atoms with Gasteiger partial charge in [-0.25, -0.2) is 9.59 Å². The van der Waals surface area contributed by atoms with Gasteiger partial charge in [0.1, 0.15) is 0 Å². The number of rotatable bonds is 8. The Balaban J connectivity index is 0.000000523. The number of carboxylic acid groups (broad SMARTS) is 2. The Bertz CT molecular complexity index is 816. The van der Waals surface area contributed by atoms with E-state index in [1.165, 1.54) is 24.3 Å². The third kappa shape index (κ3) is 9.37. The van der Waals surface area contributed by atoms with Gasteiger partial charge in [0.05, 0.1) is 12.8 Å². The second-order valence-corrected chi connectivity index (χ2v) is 5.39. The van der Waals surface area contributed by atoms with E-state index in [4.69, 9.17) is 10.2 Å². The van der Waals surface area contributed by atoms with Crippen LogP contribution in [0.5, 0.6) is 0 Å². The van der Waals surface area contributed by atoms with Crippen molar-refractivity contribution in [2.75, 3.05) is 0 Å². The molecule has 2 rings (SSSR count). The molecule has 0 amide bonds. The number of hydrogen-bond acceptors (Lipinski definition) is 6. The minimum Gasteiger partial charge on any atom is -0.475 e. The molecule has 0 aliphatic heterocycles. The van der Waals surface area contributed by atoms with Gasteiger partial charge in [-0.2, -0.15) is 0 Å². The van der Waals surface area contributed by atoms with E-state index in [-0.39, 0.29) is 17.4 Å². The molecule has 0 bridgehead atoms. The summed E-state index contributed by atoms with van der Waals surface area (Å²) in [5.41, 5.74) is 0.698. The zero-order valence-corrected chi connectivity index (χ0v) is 16.2. The molecular formula is C20H16CrO8. The predicted octanol–water partition coefficient (Wildman–Crippen LogP) is 1.82. The Morgan fingerprint density at radius 2 is 0.828 bits per heavy atom. The molecule has 2 N–H and O–H groups in total. The van der Waals surface area contributed by atoms with Crippen molar-refractivity contribution in [3.63, 3.8) is 0 Å². The van der Waals surface area contributed by atoms with Gasteiger partial charge in [0.2, 0.25) is 11.6 Å². The third-order valence-corrected chi connectivity index (χ3v) is 3.31. The quantitative estimate of drug-likeness (QED) is 0.362. The van der Waals surface area contributed by atoms with Crippen LogP contribution in [-0.4, -0.2) is 45.3 Å². The number of carboxylic acids is 2. The fraction of sp³-hybridized carbons (Fsp3) is 0.100. The van der Waals surface area contributed by atoms with E-state index in [1.807, 2.05) is 0 Å². The van der Waals surface area contributed by atoms with Crippen LogP contribution in [0.4, 0.5) is 0 Å². The largest absolute Gasteiger partial charge is 0.475 e. The topological polar surface area (TPSA) is 143 Å². The summed E-state index contributed by atoms with van der Waals surface area (Å²) in [6.45, 7) is 0. The number of ketones is 4. The van der Waals surface area contributed by atoms with Crippen LogP contribution < -0.4 is 0 Å². The van der Waals surface area contributed by atoms with Crippen LogP contribution in [0.25, 0.3) is 0 Å². The van der Waals surface area contributed by atoms with Crippen LogP contribution >= 0.6 is 0 Å². The Hall–Kier alpha value is -3.41. The van der Waals surface area contributed by atoms with E-state index < -0.39 is 47.9 Å². The number of hydrogen-bond donors (Lipinski definition) is 2. The second-order valence-electron chi connectivity index (χ2n) is 5.39. The maximum absolute atomic E-state index is 11.3. The minimum atomic E-state index is -1.57. The standard InChI is InChI=1S/2C10H8O4.Cr/c2*11-8(6-9(12)10(13)14)7-4-2-1-3-5-7;/h2*1-5H,6H2,(H,13,14);. The van der Waals surface area contributed by atoms with Crippen molar-refractivity contribution in [1.82, 2.24) is 0 Å². The van der Waals surface area contributed by atoms with E-state index in [0.717, 1.165) is 0 Å². The average molecular weight is 436 g/mol. The Labute approximate surface area is 176 Å². The first kappa shape index (κ1) is 25.6. The summed E-state index contributed by atoms with van der Waals surface area (Å²) in [5.74, 6) is -6.27. The second kappa shape index (κ2) is 12.9. The molecule has 0 aliphatic rings. The van der Waals surface area contributed by atoms with Crippen molar-refractivity contribution in [1.29, 1.82) is 0 Å². The van der Waals surface area contributed by atoms with Crippen molar-refractivity contribution in [3.8, 4) is 0 Å². The van der Waals surface area contributed by atoms with Crippen LogP contribution in [0.2, 0.25) is 0 Å². The predicted molar refractivity (Wildman–Crippen MR) is 96.1 cm³/mol. The van der Waals surface area contributed by atoms with Gasteiger partial charge in [0, 0.05) is 28.5 Å². The van der Waals surface area contributed by atoms with Gasteiger partial charge in [-0.05, 0) is 0 Å². The van der Waals surface area contributed by atoms with Gasteiger partial charge in [-0.15, -0.1) is 0 Å². The van der Waals surface area contributed by atoms with Gasteiger partial charge in [0.15, 0.2) is 11.6 Å². The smallest absolute Gasteiger partial charge is 0.372 e. The monoisotopic (exact) mass is 436 g/mol. The molecule has 150 valence electrons. The number of benzene rings is 2. The summed E-state index contributed by atoms with van der Waals surface area (Å²) in [4.78, 5) is 64.3. The molecule has 0 radical (unpaired) electrons. The molecule has 0 fully saturated rings. The molecule has 8 nitrogen and oxygen atoms in total. The molecule has 9 heteroatoms. The molecule has 0 aliphatic carbocycles. The van der Waals surface area contributed by atoms with E-state index in [0.29, 0.717) is 11.1 Å². The normalized spacial score (nSPS) is 9.10. The van der Waals surface area contributed by atoms with Crippen molar-refractivity contribution in [3.05, 3.63) is 71.8 Å². The number of aliphatic carboxylic acids is 2. The molecule has 0 saturated heterocycles.